The third-order valence-corrected chi connectivity index (χ3v) is 3.95. The zero-order valence-electron chi connectivity index (χ0n) is 10.5. The lowest BCUT2D eigenvalue weighted by Crippen LogP contribution is -2.38. The Hall–Kier alpha value is -0.870. The van der Waals surface area contributed by atoms with Crippen LogP contribution in [0.2, 0.25) is 0 Å². The normalized spacial score (nSPS) is 20.7. The number of carbonyl (C=O) groups is 1. The van der Waals surface area contributed by atoms with Crippen molar-refractivity contribution in [3.8, 4) is 0 Å². The molecule has 3 nitrogen and oxygen atoms in total. The minimum atomic E-state index is 0.0339. The largest absolute Gasteiger partial charge is 0.381 e. The summed E-state index contributed by atoms with van der Waals surface area (Å²) in [6, 6.07) is 8.24. The second-order valence-electron chi connectivity index (χ2n) is 4.77. The van der Waals surface area contributed by atoms with E-state index in [2.05, 4.69) is 27.3 Å². The van der Waals surface area contributed by atoms with E-state index >= 15 is 0 Å². The lowest BCUT2D eigenvalue weighted by Gasteiger charge is -2.17. The van der Waals surface area contributed by atoms with Gasteiger partial charge in [-0.1, -0.05) is 34.1 Å². The van der Waals surface area contributed by atoms with Crippen molar-refractivity contribution in [1.29, 1.82) is 0 Å². The molecule has 0 bridgehead atoms. The maximum atomic E-state index is 11.9. The molecule has 2 rings (SSSR count). The van der Waals surface area contributed by atoms with E-state index in [1.165, 1.54) is 5.56 Å². The predicted octanol–water partition coefficient (Wildman–Crippen LogP) is 2.53. The van der Waals surface area contributed by atoms with Gasteiger partial charge in [0.2, 0.25) is 5.91 Å². The van der Waals surface area contributed by atoms with E-state index in [1.54, 1.807) is 0 Å². The Balaban J connectivity index is 1.86. The van der Waals surface area contributed by atoms with Crippen molar-refractivity contribution in [2.75, 3.05) is 13.2 Å². The van der Waals surface area contributed by atoms with Crippen molar-refractivity contribution in [1.82, 2.24) is 5.32 Å². The van der Waals surface area contributed by atoms with Gasteiger partial charge in [0, 0.05) is 17.1 Å². The number of benzene rings is 1. The van der Waals surface area contributed by atoms with E-state index in [-0.39, 0.29) is 17.9 Å². The first-order valence-electron chi connectivity index (χ1n) is 6.28. The van der Waals surface area contributed by atoms with Crippen LogP contribution in [0.25, 0.3) is 0 Å². The van der Waals surface area contributed by atoms with Crippen LogP contribution in [0.3, 0.4) is 0 Å². The fraction of sp³-hybridized carbons (Fsp3) is 0.500. The molecule has 1 aromatic rings. The Labute approximate surface area is 116 Å². The molecule has 0 spiro atoms. The molecule has 1 saturated heterocycles. The first-order chi connectivity index (χ1) is 8.66. The number of halogens is 1. The Morgan fingerprint density at radius 3 is 3.00 bits per heavy atom. The monoisotopic (exact) mass is 311 g/mol. The molecule has 1 aliphatic heterocycles. The highest BCUT2D eigenvalue weighted by Gasteiger charge is 2.24. The van der Waals surface area contributed by atoms with Crippen LogP contribution < -0.4 is 5.32 Å². The molecule has 1 heterocycles. The highest BCUT2D eigenvalue weighted by molar-refractivity contribution is 9.10. The zero-order chi connectivity index (χ0) is 13.0. The second kappa shape index (κ2) is 6.34. The van der Waals surface area contributed by atoms with Crippen LogP contribution in [-0.2, 0) is 16.0 Å². The lowest BCUT2D eigenvalue weighted by atomic mass is 10.0. The van der Waals surface area contributed by atoms with Gasteiger partial charge in [-0.2, -0.15) is 0 Å². The van der Waals surface area contributed by atoms with Gasteiger partial charge in [0.05, 0.1) is 12.5 Å². The SMILES string of the molecule is CC(Cc1ccccc1Br)NC(=O)C1CCOC1. The number of hydrogen-bond donors (Lipinski definition) is 1. The summed E-state index contributed by atoms with van der Waals surface area (Å²) in [7, 11) is 0. The molecule has 0 aromatic heterocycles. The molecular weight excluding hydrogens is 294 g/mol. The standard InChI is InChI=1S/C14H18BrNO2/c1-10(8-11-4-2-3-5-13(11)15)16-14(17)12-6-7-18-9-12/h2-5,10,12H,6-9H2,1H3,(H,16,17). The smallest absolute Gasteiger partial charge is 0.225 e. The molecule has 18 heavy (non-hydrogen) atoms. The Kier molecular flexibility index (Phi) is 4.78. The highest BCUT2D eigenvalue weighted by atomic mass is 79.9. The summed E-state index contributed by atoms with van der Waals surface area (Å²) in [6.07, 6.45) is 1.67. The van der Waals surface area contributed by atoms with Gasteiger partial charge in [-0.15, -0.1) is 0 Å². The van der Waals surface area contributed by atoms with Gasteiger partial charge >= 0.3 is 0 Å². The van der Waals surface area contributed by atoms with Crippen LogP contribution >= 0.6 is 15.9 Å². The molecule has 0 saturated carbocycles. The fourth-order valence-electron chi connectivity index (χ4n) is 2.15. The average molecular weight is 312 g/mol. The lowest BCUT2D eigenvalue weighted by molar-refractivity contribution is -0.125. The summed E-state index contributed by atoms with van der Waals surface area (Å²) < 4.78 is 6.32. The molecule has 1 aromatic carbocycles. The van der Waals surface area contributed by atoms with Crippen molar-refractivity contribution in [3.63, 3.8) is 0 Å². The number of hydrogen-bond acceptors (Lipinski definition) is 2. The first kappa shape index (κ1) is 13.6. The number of rotatable bonds is 4. The summed E-state index contributed by atoms with van der Waals surface area (Å²) in [5.74, 6) is 0.152. The summed E-state index contributed by atoms with van der Waals surface area (Å²) in [5.41, 5.74) is 1.22. The highest BCUT2D eigenvalue weighted by Crippen LogP contribution is 2.18. The van der Waals surface area contributed by atoms with Crippen molar-refractivity contribution in [3.05, 3.63) is 34.3 Å². The minimum Gasteiger partial charge on any atom is -0.381 e. The molecule has 0 aliphatic carbocycles. The molecule has 0 radical (unpaired) electrons. The Morgan fingerprint density at radius 2 is 2.33 bits per heavy atom. The van der Waals surface area contributed by atoms with E-state index in [1.807, 2.05) is 25.1 Å². The van der Waals surface area contributed by atoms with E-state index in [9.17, 15) is 4.79 Å². The van der Waals surface area contributed by atoms with Crippen LogP contribution in [0.5, 0.6) is 0 Å². The van der Waals surface area contributed by atoms with Gasteiger partial charge in [-0.3, -0.25) is 4.79 Å². The van der Waals surface area contributed by atoms with Gasteiger partial charge in [-0.05, 0) is 31.4 Å². The maximum Gasteiger partial charge on any atom is 0.225 e. The second-order valence-corrected chi connectivity index (χ2v) is 5.62. The van der Waals surface area contributed by atoms with Gasteiger partial charge in [0.25, 0.3) is 0 Å². The van der Waals surface area contributed by atoms with Gasteiger partial charge in [0.15, 0.2) is 0 Å². The number of nitrogens with one attached hydrogen (secondary N) is 1. The Bertz CT molecular complexity index is 416. The van der Waals surface area contributed by atoms with Crippen LogP contribution in [0.4, 0.5) is 0 Å². The first-order valence-corrected chi connectivity index (χ1v) is 7.07. The van der Waals surface area contributed by atoms with Crippen molar-refractivity contribution in [2.24, 2.45) is 5.92 Å². The zero-order valence-corrected chi connectivity index (χ0v) is 12.1. The van der Waals surface area contributed by atoms with E-state index < -0.39 is 0 Å². The minimum absolute atomic E-state index is 0.0339. The fourth-order valence-corrected chi connectivity index (χ4v) is 2.59. The van der Waals surface area contributed by atoms with E-state index in [0.29, 0.717) is 13.2 Å². The van der Waals surface area contributed by atoms with E-state index in [0.717, 1.165) is 17.3 Å². The maximum absolute atomic E-state index is 11.9. The molecule has 98 valence electrons. The number of amides is 1. The van der Waals surface area contributed by atoms with Gasteiger partial charge in [-0.25, -0.2) is 0 Å². The van der Waals surface area contributed by atoms with Crippen LogP contribution in [0.1, 0.15) is 18.9 Å². The summed E-state index contributed by atoms with van der Waals surface area (Å²) in [5, 5.41) is 3.06. The number of carbonyl (C=O) groups excluding carboxylic acids is 1. The van der Waals surface area contributed by atoms with Crippen molar-refractivity contribution in [2.45, 2.75) is 25.8 Å². The topological polar surface area (TPSA) is 38.3 Å². The van der Waals surface area contributed by atoms with Crippen LogP contribution in [0, 0.1) is 5.92 Å². The molecule has 2 atom stereocenters. The van der Waals surface area contributed by atoms with Gasteiger partial charge in [0.1, 0.15) is 0 Å². The van der Waals surface area contributed by atoms with Crippen LogP contribution in [-0.4, -0.2) is 25.2 Å². The third-order valence-electron chi connectivity index (χ3n) is 3.17. The summed E-state index contributed by atoms with van der Waals surface area (Å²) >= 11 is 3.52. The van der Waals surface area contributed by atoms with Crippen molar-refractivity contribution < 1.29 is 9.53 Å². The quantitative estimate of drug-likeness (QED) is 0.928. The molecular formula is C14H18BrNO2. The number of ether oxygens (including phenoxy) is 1. The average Bonchev–Trinajstić information content (AvgIpc) is 2.85. The van der Waals surface area contributed by atoms with Gasteiger partial charge < -0.3 is 10.1 Å². The summed E-state index contributed by atoms with van der Waals surface area (Å²) in [6.45, 7) is 3.30. The molecule has 1 N–H and O–H groups in total. The van der Waals surface area contributed by atoms with Crippen molar-refractivity contribution >= 4 is 21.8 Å². The molecule has 1 amide bonds. The Morgan fingerprint density at radius 1 is 1.56 bits per heavy atom. The van der Waals surface area contributed by atoms with Crippen LogP contribution in [0.15, 0.2) is 28.7 Å². The third kappa shape index (κ3) is 3.56. The molecule has 4 heteroatoms. The van der Waals surface area contributed by atoms with E-state index in [4.69, 9.17) is 4.74 Å². The summed E-state index contributed by atoms with van der Waals surface area (Å²) in [4.78, 5) is 11.9. The molecule has 1 aliphatic rings. The molecule has 1 fully saturated rings. The molecule has 2 unspecified atom stereocenters. The predicted molar refractivity (Wildman–Crippen MR) is 74.4 cm³/mol.